The van der Waals surface area contributed by atoms with Crippen molar-refractivity contribution in [2.24, 2.45) is 0 Å². The van der Waals surface area contributed by atoms with Gasteiger partial charge >= 0.3 is 0 Å². The number of benzene rings is 2. The maximum Gasteiger partial charge on any atom is 0.238 e. The van der Waals surface area contributed by atoms with E-state index in [1.165, 1.54) is 0 Å². The summed E-state index contributed by atoms with van der Waals surface area (Å²) >= 11 is 1.74. The van der Waals surface area contributed by atoms with Crippen LogP contribution < -0.4 is 20.1 Å². The molecule has 0 spiro atoms. The summed E-state index contributed by atoms with van der Waals surface area (Å²) in [6, 6.07) is 15.1. The minimum absolute atomic E-state index is 0. The highest BCUT2D eigenvalue weighted by Gasteiger charge is 2.21. The molecule has 25 heavy (non-hydrogen) atoms. The molecule has 0 radical (unpaired) electrons. The fourth-order valence-corrected chi connectivity index (χ4v) is 3.32. The maximum atomic E-state index is 12.0. The molecule has 1 aliphatic rings. The molecule has 5 nitrogen and oxygen atoms in total. The van der Waals surface area contributed by atoms with Crippen LogP contribution in [0.2, 0.25) is 0 Å². The van der Waals surface area contributed by atoms with E-state index < -0.39 is 0 Å². The van der Waals surface area contributed by atoms with Gasteiger partial charge in [-0.1, -0.05) is 24.3 Å². The Morgan fingerprint density at radius 2 is 1.92 bits per heavy atom. The van der Waals surface area contributed by atoms with E-state index in [-0.39, 0.29) is 24.4 Å². The van der Waals surface area contributed by atoms with Gasteiger partial charge in [0.15, 0.2) is 11.5 Å². The van der Waals surface area contributed by atoms with E-state index >= 15 is 0 Å². The third-order valence-corrected chi connectivity index (χ3v) is 4.66. The molecule has 1 saturated heterocycles. The predicted molar refractivity (Wildman–Crippen MR) is 103 cm³/mol. The van der Waals surface area contributed by atoms with Gasteiger partial charge in [0.2, 0.25) is 5.91 Å². The third-order valence-electron chi connectivity index (χ3n) is 3.72. The van der Waals surface area contributed by atoms with Gasteiger partial charge < -0.3 is 14.8 Å². The lowest BCUT2D eigenvalue weighted by atomic mass is 10.2. The Balaban J connectivity index is 0.00000225. The van der Waals surface area contributed by atoms with Gasteiger partial charge in [0.1, 0.15) is 5.75 Å². The monoisotopic (exact) mass is 380 g/mol. The molecule has 1 atom stereocenters. The van der Waals surface area contributed by atoms with Gasteiger partial charge in [-0.05, 0) is 29.8 Å². The number of carbonyl (C=O) groups excluding carboxylic acids is 1. The molecule has 1 unspecified atom stereocenters. The van der Waals surface area contributed by atoms with Gasteiger partial charge in [0.05, 0.1) is 13.2 Å². The molecule has 2 aromatic rings. The average molecular weight is 381 g/mol. The van der Waals surface area contributed by atoms with Crippen molar-refractivity contribution in [2.75, 3.05) is 18.7 Å². The van der Waals surface area contributed by atoms with Crippen LogP contribution in [-0.4, -0.2) is 30.7 Å². The van der Waals surface area contributed by atoms with E-state index in [0.29, 0.717) is 18.0 Å². The zero-order chi connectivity index (χ0) is 16.8. The average Bonchev–Trinajstić information content (AvgIpc) is 3.16. The van der Waals surface area contributed by atoms with Crippen LogP contribution in [0.5, 0.6) is 17.2 Å². The summed E-state index contributed by atoms with van der Waals surface area (Å²) in [5, 5.41) is 6.11. The van der Waals surface area contributed by atoms with Crippen molar-refractivity contribution in [1.29, 1.82) is 0 Å². The van der Waals surface area contributed by atoms with E-state index in [0.717, 1.165) is 22.9 Å². The molecule has 0 saturated carbocycles. The number of rotatable bonds is 6. The van der Waals surface area contributed by atoms with Crippen molar-refractivity contribution in [3.05, 3.63) is 54.1 Å². The Kier molecular flexibility index (Phi) is 7.43. The van der Waals surface area contributed by atoms with Crippen LogP contribution in [0.4, 0.5) is 0 Å². The minimum atomic E-state index is -0.0804. The van der Waals surface area contributed by atoms with Crippen LogP contribution >= 0.6 is 24.2 Å². The molecule has 3 rings (SSSR count). The highest BCUT2D eigenvalue weighted by Crippen LogP contribution is 2.30. The molecule has 1 heterocycles. The van der Waals surface area contributed by atoms with Crippen LogP contribution in [0.25, 0.3) is 0 Å². The van der Waals surface area contributed by atoms with Crippen LogP contribution in [0.1, 0.15) is 5.56 Å². The zero-order valence-electron chi connectivity index (χ0n) is 13.9. The number of ether oxygens (including phenoxy) is 2. The van der Waals surface area contributed by atoms with Crippen LogP contribution in [-0.2, 0) is 11.3 Å². The normalized spacial score (nSPS) is 16.0. The van der Waals surface area contributed by atoms with E-state index in [4.69, 9.17) is 9.47 Å². The molecule has 0 bridgehead atoms. The lowest BCUT2D eigenvalue weighted by molar-refractivity contribution is -0.122. The summed E-state index contributed by atoms with van der Waals surface area (Å²) in [5.74, 6) is 3.81. The number of methoxy groups -OCH3 is 1. The standard InChI is InChI=1S/C18H20N2O3S.ClH/c1-22-16-4-2-3-5-17(16)23-14-8-6-13(7-9-14)10-19-18(21)15-11-24-12-20-15;/h2-9,15,20H,10-12H2,1H3,(H,19,21);1H. The molecule has 2 aromatic carbocycles. The van der Waals surface area contributed by atoms with Gasteiger partial charge in [-0.2, -0.15) is 0 Å². The number of amides is 1. The highest BCUT2D eigenvalue weighted by atomic mass is 35.5. The maximum absolute atomic E-state index is 12.0. The number of carbonyl (C=O) groups is 1. The molecule has 1 amide bonds. The number of thioether (sulfide) groups is 1. The molecule has 1 fully saturated rings. The molecule has 134 valence electrons. The molecule has 1 aliphatic heterocycles. The Labute approximate surface area is 157 Å². The summed E-state index contributed by atoms with van der Waals surface area (Å²) in [6.07, 6.45) is 0. The van der Waals surface area contributed by atoms with Crippen molar-refractivity contribution >= 4 is 30.1 Å². The van der Waals surface area contributed by atoms with Gasteiger partial charge in [0, 0.05) is 18.2 Å². The molecular weight excluding hydrogens is 360 g/mol. The first kappa shape index (κ1) is 19.4. The number of nitrogens with one attached hydrogen (secondary N) is 2. The Bertz CT molecular complexity index is 691. The fraction of sp³-hybridized carbons (Fsp3) is 0.278. The number of hydrogen-bond acceptors (Lipinski definition) is 5. The van der Waals surface area contributed by atoms with Crippen molar-refractivity contribution in [3.63, 3.8) is 0 Å². The second-order valence-corrected chi connectivity index (χ2v) is 6.42. The van der Waals surface area contributed by atoms with E-state index in [2.05, 4.69) is 10.6 Å². The summed E-state index contributed by atoms with van der Waals surface area (Å²) in [7, 11) is 1.62. The van der Waals surface area contributed by atoms with E-state index in [1.54, 1.807) is 18.9 Å². The summed E-state index contributed by atoms with van der Waals surface area (Å²) in [5.41, 5.74) is 1.03. The SMILES string of the molecule is COc1ccccc1Oc1ccc(CNC(=O)C2CSCN2)cc1.Cl. The molecular formula is C18H21ClN2O3S. The van der Waals surface area contributed by atoms with Crippen LogP contribution in [0.15, 0.2) is 48.5 Å². The van der Waals surface area contributed by atoms with Gasteiger partial charge in [0.25, 0.3) is 0 Å². The quantitative estimate of drug-likeness (QED) is 0.806. The number of hydrogen-bond donors (Lipinski definition) is 2. The lowest BCUT2D eigenvalue weighted by Crippen LogP contribution is -2.41. The highest BCUT2D eigenvalue weighted by molar-refractivity contribution is 7.99. The van der Waals surface area contributed by atoms with Gasteiger partial charge in [-0.15, -0.1) is 24.2 Å². The van der Waals surface area contributed by atoms with Crippen molar-refractivity contribution in [3.8, 4) is 17.2 Å². The third kappa shape index (κ3) is 5.29. The Hall–Kier alpha value is -1.89. The Morgan fingerprint density at radius 1 is 1.20 bits per heavy atom. The second kappa shape index (κ2) is 9.56. The minimum Gasteiger partial charge on any atom is -0.493 e. The summed E-state index contributed by atoms with van der Waals surface area (Å²) < 4.78 is 11.1. The van der Waals surface area contributed by atoms with Crippen molar-refractivity contribution in [2.45, 2.75) is 12.6 Å². The largest absolute Gasteiger partial charge is 0.493 e. The van der Waals surface area contributed by atoms with Crippen LogP contribution in [0.3, 0.4) is 0 Å². The molecule has 0 aromatic heterocycles. The summed E-state index contributed by atoms with van der Waals surface area (Å²) in [4.78, 5) is 12.0. The molecule has 7 heteroatoms. The first-order valence-corrected chi connectivity index (χ1v) is 8.90. The number of para-hydroxylation sites is 2. The molecule has 2 N–H and O–H groups in total. The van der Waals surface area contributed by atoms with Crippen molar-refractivity contribution in [1.82, 2.24) is 10.6 Å². The Morgan fingerprint density at radius 3 is 2.56 bits per heavy atom. The predicted octanol–water partition coefficient (Wildman–Crippen LogP) is 3.19. The fourth-order valence-electron chi connectivity index (χ4n) is 2.38. The molecule has 0 aliphatic carbocycles. The lowest BCUT2D eigenvalue weighted by Gasteiger charge is -2.12. The number of halogens is 1. The van der Waals surface area contributed by atoms with E-state index in [9.17, 15) is 4.79 Å². The second-order valence-electron chi connectivity index (χ2n) is 5.39. The summed E-state index contributed by atoms with van der Waals surface area (Å²) in [6.45, 7) is 0.511. The zero-order valence-corrected chi connectivity index (χ0v) is 15.5. The smallest absolute Gasteiger partial charge is 0.238 e. The first-order chi connectivity index (χ1) is 11.8. The van der Waals surface area contributed by atoms with Crippen molar-refractivity contribution < 1.29 is 14.3 Å². The first-order valence-electron chi connectivity index (χ1n) is 7.75. The van der Waals surface area contributed by atoms with Crippen LogP contribution in [0, 0.1) is 0 Å². The van der Waals surface area contributed by atoms with Gasteiger partial charge in [-0.3, -0.25) is 10.1 Å². The van der Waals surface area contributed by atoms with Gasteiger partial charge in [-0.25, -0.2) is 0 Å². The van der Waals surface area contributed by atoms with E-state index in [1.807, 2.05) is 48.5 Å². The topological polar surface area (TPSA) is 59.6 Å².